The fourth-order valence-electron chi connectivity index (χ4n) is 3.08. The SMILES string of the molecule is COc1cc(C(=O)OCC(=O)c2ccc3c(c2)CCC3)cc(Cl)c1OC. The van der Waals surface area contributed by atoms with Gasteiger partial charge in [-0.3, -0.25) is 4.79 Å². The van der Waals surface area contributed by atoms with Crippen molar-refractivity contribution in [1.29, 1.82) is 0 Å². The highest BCUT2D eigenvalue weighted by Gasteiger charge is 2.18. The Morgan fingerprint density at radius 1 is 1.00 bits per heavy atom. The highest BCUT2D eigenvalue weighted by molar-refractivity contribution is 6.32. The summed E-state index contributed by atoms with van der Waals surface area (Å²) in [5, 5.41) is 0.226. The first-order valence-electron chi connectivity index (χ1n) is 8.27. The largest absolute Gasteiger partial charge is 0.493 e. The van der Waals surface area contributed by atoms with Crippen LogP contribution in [0.15, 0.2) is 30.3 Å². The van der Waals surface area contributed by atoms with Gasteiger partial charge in [0.2, 0.25) is 0 Å². The van der Waals surface area contributed by atoms with E-state index in [0.717, 1.165) is 19.3 Å². The van der Waals surface area contributed by atoms with Crippen molar-refractivity contribution < 1.29 is 23.8 Å². The quantitative estimate of drug-likeness (QED) is 0.567. The van der Waals surface area contributed by atoms with E-state index in [1.54, 1.807) is 6.07 Å². The summed E-state index contributed by atoms with van der Waals surface area (Å²) in [7, 11) is 2.90. The average molecular weight is 375 g/mol. The summed E-state index contributed by atoms with van der Waals surface area (Å²) in [6.07, 6.45) is 3.15. The molecule has 0 fully saturated rings. The lowest BCUT2D eigenvalue weighted by Crippen LogP contribution is -2.14. The Morgan fingerprint density at radius 3 is 2.50 bits per heavy atom. The van der Waals surface area contributed by atoms with Gasteiger partial charge >= 0.3 is 5.97 Å². The Balaban J connectivity index is 1.69. The van der Waals surface area contributed by atoms with Gasteiger partial charge in [-0.05, 0) is 48.6 Å². The molecule has 2 aromatic rings. The highest BCUT2D eigenvalue weighted by atomic mass is 35.5. The molecule has 5 nitrogen and oxygen atoms in total. The molecule has 1 aliphatic carbocycles. The second-order valence-corrected chi connectivity index (χ2v) is 6.44. The van der Waals surface area contributed by atoms with Crippen molar-refractivity contribution in [2.75, 3.05) is 20.8 Å². The first-order valence-corrected chi connectivity index (χ1v) is 8.65. The van der Waals surface area contributed by atoms with E-state index >= 15 is 0 Å². The van der Waals surface area contributed by atoms with Gasteiger partial charge in [0.1, 0.15) is 0 Å². The Morgan fingerprint density at radius 2 is 1.77 bits per heavy atom. The molecule has 3 rings (SSSR count). The summed E-state index contributed by atoms with van der Waals surface area (Å²) >= 11 is 6.09. The molecule has 0 radical (unpaired) electrons. The van der Waals surface area contributed by atoms with Crippen molar-refractivity contribution >= 4 is 23.4 Å². The standard InChI is InChI=1S/C20H19ClO5/c1-24-18-10-15(9-16(21)19(18)25-2)20(23)26-11-17(22)14-7-6-12-4-3-5-13(12)8-14/h6-10H,3-5,11H2,1-2H3. The maximum absolute atomic E-state index is 12.3. The molecule has 0 heterocycles. The normalized spacial score (nSPS) is 12.4. The number of rotatable bonds is 6. The molecule has 0 bridgehead atoms. The summed E-state index contributed by atoms with van der Waals surface area (Å²) < 4.78 is 15.4. The number of carbonyl (C=O) groups excluding carboxylic acids is 2. The fourth-order valence-corrected chi connectivity index (χ4v) is 3.37. The number of halogens is 1. The van der Waals surface area contributed by atoms with Crippen LogP contribution in [0.2, 0.25) is 5.02 Å². The van der Waals surface area contributed by atoms with Gasteiger partial charge in [-0.2, -0.15) is 0 Å². The van der Waals surface area contributed by atoms with Gasteiger partial charge in [-0.15, -0.1) is 0 Å². The Hall–Kier alpha value is -2.53. The molecule has 0 spiro atoms. The molecule has 0 amide bonds. The van der Waals surface area contributed by atoms with E-state index in [1.807, 2.05) is 12.1 Å². The van der Waals surface area contributed by atoms with Crippen LogP contribution in [0.25, 0.3) is 0 Å². The molecule has 0 aliphatic heterocycles. The van der Waals surface area contributed by atoms with Crippen molar-refractivity contribution in [1.82, 2.24) is 0 Å². The van der Waals surface area contributed by atoms with Gasteiger partial charge in [-0.25, -0.2) is 4.79 Å². The molecule has 2 aromatic carbocycles. The van der Waals surface area contributed by atoms with Gasteiger partial charge in [0.25, 0.3) is 0 Å². The maximum Gasteiger partial charge on any atom is 0.338 e. The minimum atomic E-state index is -0.651. The Bertz CT molecular complexity index is 860. The van der Waals surface area contributed by atoms with E-state index in [1.165, 1.54) is 37.5 Å². The topological polar surface area (TPSA) is 61.8 Å². The number of hydrogen-bond acceptors (Lipinski definition) is 5. The lowest BCUT2D eigenvalue weighted by atomic mass is 10.0. The number of ketones is 1. The van der Waals surface area contributed by atoms with Crippen LogP contribution in [0.5, 0.6) is 11.5 Å². The zero-order valence-corrected chi connectivity index (χ0v) is 15.4. The number of carbonyl (C=O) groups is 2. The van der Waals surface area contributed by atoms with Crippen LogP contribution in [0.3, 0.4) is 0 Å². The van der Waals surface area contributed by atoms with Crippen molar-refractivity contribution in [3.05, 3.63) is 57.6 Å². The zero-order chi connectivity index (χ0) is 18.7. The third-order valence-electron chi connectivity index (χ3n) is 4.42. The smallest absolute Gasteiger partial charge is 0.338 e. The molecule has 1 aliphatic rings. The predicted octanol–water partition coefficient (Wildman–Crippen LogP) is 3.89. The summed E-state index contributed by atoms with van der Waals surface area (Å²) in [5.74, 6) is -0.237. The molecule has 6 heteroatoms. The number of fused-ring (bicyclic) bond motifs is 1. The van der Waals surface area contributed by atoms with E-state index in [-0.39, 0.29) is 23.0 Å². The molecular formula is C20H19ClO5. The number of methoxy groups -OCH3 is 2. The van der Waals surface area contributed by atoms with Crippen molar-refractivity contribution in [2.45, 2.75) is 19.3 Å². The number of aryl methyl sites for hydroxylation is 2. The van der Waals surface area contributed by atoms with Crippen LogP contribution in [-0.2, 0) is 17.6 Å². The molecule has 0 aromatic heterocycles. The van der Waals surface area contributed by atoms with E-state index in [4.69, 9.17) is 25.8 Å². The maximum atomic E-state index is 12.3. The molecule has 0 N–H and O–H groups in total. The lowest BCUT2D eigenvalue weighted by Gasteiger charge is -2.11. The number of ether oxygens (including phenoxy) is 3. The summed E-state index contributed by atoms with van der Waals surface area (Å²) in [5.41, 5.74) is 3.24. The van der Waals surface area contributed by atoms with Gasteiger partial charge < -0.3 is 14.2 Å². The van der Waals surface area contributed by atoms with E-state index < -0.39 is 5.97 Å². The van der Waals surface area contributed by atoms with E-state index in [0.29, 0.717) is 17.1 Å². The van der Waals surface area contributed by atoms with Crippen molar-refractivity contribution in [2.24, 2.45) is 0 Å². The third kappa shape index (κ3) is 3.68. The summed E-state index contributed by atoms with van der Waals surface area (Å²) in [6.45, 7) is -0.330. The van der Waals surface area contributed by atoms with Gasteiger partial charge in [0.05, 0.1) is 24.8 Å². The monoisotopic (exact) mass is 374 g/mol. The van der Waals surface area contributed by atoms with Crippen molar-refractivity contribution in [3.63, 3.8) is 0 Å². The lowest BCUT2D eigenvalue weighted by molar-refractivity contribution is 0.0474. The number of hydrogen-bond donors (Lipinski definition) is 0. The van der Waals surface area contributed by atoms with Crippen LogP contribution in [-0.4, -0.2) is 32.6 Å². The van der Waals surface area contributed by atoms with Gasteiger partial charge in [0, 0.05) is 5.56 Å². The molecule has 0 atom stereocenters. The fraction of sp³-hybridized carbons (Fsp3) is 0.300. The van der Waals surface area contributed by atoms with Gasteiger partial charge in [-0.1, -0.05) is 23.7 Å². The van der Waals surface area contributed by atoms with Crippen LogP contribution in [0.4, 0.5) is 0 Å². The van der Waals surface area contributed by atoms with Gasteiger partial charge in [0.15, 0.2) is 23.9 Å². The Labute approximate surface area is 156 Å². The Kier molecular flexibility index (Phi) is 5.47. The summed E-state index contributed by atoms with van der Waals surface area (Å²) in [6, 6.07) is 8.54. The molecule has 0 saturated carbocycles. The van der Waals surface area contributed by atoms with Crippen LogP contribution in [0, 0.1) is 0 Å². The minimum Gasteiger partial charge on any atom is -0.493 e. The average Bonchev–Trinajstić information content (AvgIpc) is 3.12. The molecule has 136 valence electrons. The van der Waals surface area contributed by atoms with Crippen LogP contribution < -0.4 is 9.47 Å². The van der Waals surface area contributed by atoms with E-state index in [9.17, 15) is 9.59 Å². The van der Waals surface area contributed by atoms with Crippen molar-refractivity contribution in [3.8, 4) is 11.5 Å². The third-order valence-corrected chi connectivity index (χ3v) is 4.70. The number of esters is 1. The number of benzene rings is 2. The number of Topliss-reactive ketones (excluding diaryl/α,β-unsaturated/α-hetero) is 1. The zero-order valence-electron chi connectivity index (χ0n) is 14.6. The second-order valence-electron chi connectivity index (χ2n) is 6.03. The predicted molar refractivity (Wildman–Crippen MR) is 97.6 cm³/mol. The molecule has 26 heavy (non-hydrogen) atoms. The molecule has 0 saturated heterocycles. The first-order chi connectivity index (χ1) is 12.5. The van der Waals surface area contributed by atoms with Crippen LogP contribution >= 0.6 is 11.6 Å². The van der Waals surface area contributed by atoms with Crippen LogP contribution in [0.1, 0.15) is 38.3 Å². The second kappa shape index (κ2) is 7.79. The molecular weight excluding hydrogens is 356 g/mol. The summed E-state index contributed by atoms with van der Waals surface area (Å²) in [4.78, 5) is 24.6. The highest BCUT2D eigenvalue weighted by Crippen LogP contribution is 2.36. The van der Waals surface area contributed by atoms with E-state index in [2.05, 4.69) is 0 Å². The first kappa shape index (κ1) is 18.3. The molecule has 0 unspecified atom stereocenters. The minimum absolute atomic E-state index is 0.189.